The molecule has 0 aliphatic carbocycles. The zero-order valence-electron chi connectivity index (χ0n) is 10.4. The van der Waals surface area contributed by atoms with Crippen molar-refractivity contribution < 1.29 is 14.4 Å². The lowest BCUT2D eigenvalue weighted by Crippen LogP contribution is -2.36. The Bertz CT molecular complexity index is 405. The number of nitrogens with one attached hydrogen (secondary N) is 1. The maximum absolute atomic E-state index is 11.7. The molecular weight excluding hydrogens is 234 g/mol. The van der Waals surface area contributed by atoms with E-state index in [1.54, 1.807) is 19.2 Å². The van der Waals surface area contributed by atoms with E-state index < -0.39 is 0 Å². The highest BCUT2D eigenvalue weighted by atomic mass is 16.6. The molecule has 98 valence electrons. The average molecular weight is 251 g/mol. The van der Waals surface area contributed by atoms with E-state index in [4.69, 9.17) is 9.57 Å². The van der Waals surface area contributed by atoms with Crippen LogP contribution in [-0.4, -0.2) is 43.8 Å². The van der Waals surface area contributed by atoms with E-state index >= 15 is 0 Å². The molecule has 0 saturated carbocycles. The van der Waals surface area contributed by atoms with Crippen LogP contribution in [0.2, 0.25) is 0 Å². The summed E-state index contributed by atoms with van der Waals surface area (Å²) in [6, 6.07) is 3.66. The molecule has 1 N–H and O–H groups in total. The van der Waals surface area contributed by atoms with Crippen LogP contribution in [0.25, 0.3) is 0 Å². The summed E-state index contributed by atoms with van der Waals surface area (Å²) in [7, 11) is 0. The Morgan fingerprint density at radius 3 is 3.06 bits per heavy atom. The van der Waals surface area contributed by atoms with E-state index in [-0.39, 0.29) is 5.91 Å². The maximum atomic E-state index is 11.7. The normalized spacial score (nSPS) is 15.5. The largest absolute Gasteiger partial charge is 0.378 e. The molecule has 1 aliphatic rings. The van der Waals surface area contributed by atoms with E-state index in [1.807, 2.05) is 6.07 Å². The van der Waals surface area contributed by atoms with Crippen LogP contribution in [0.5, 0.6) is 0 Å². The number of rotatable bonds is 4. The molecule has 0 aromatic carbocycles. The van der Waals surface area contributed by atoms with E-state index in [0.717, 1.165) is 18.8 Å². The number of aromatic nitrogens is 1. The van der Waals surface area contributed by atoms with Crippen LogP contribution >= 0.6 is 0 Å². The lowest BCUT2D eigenvalue weighted by atomic mass is 10.2. The van der Waals surface area contributed by atoms with E-state index in [1.165, 1.54) is 0 Å². The predicted octanol–water partition coefficient (Wildman–Crippen LogP) is 0.599. The SMILES string of the molecule is CCONC(=O)c1cc(N2CCOCC2)ccn1. The molecule has 0 spiro atoms. The Balaban J connectivity index is 2.06. The number of hydroxylamine groups is 1. The first kappa shape index (κ1) is 12.8. The molecule has 1 aromatic rings. The van der Waals surface area contributed by atoms with Gasteiger partial charge >= 0.3 is 0 Å². The van der Waals surface area contributed by atoms with Gasteiger partial charge in [-0.15, -0.1) is 0 Å². The van der Waals surface area contributed by atoms with Crippen LogP contribution in [0.15, 0.2) is 18.3 Å². The van der Waals surface area contributed by atoms with Gasteiger partial charge in [0, 0.05) is 25.0 Å². The fourth-order valence-corrected chi connectivity index (χ4v) is 1.75. The third kappa shape index (κ3) is 3.18. The zero-order chi connectivity index (χ0) is 12.8. The highest BCUT2D eigenvalue weighted by Gasteiger charge is 2.14. The van der Waals surface area contributed by atoms with Crippen molar-refractivity contribution in [2.24, 2.45) is 0 Å². The Hall–Kier alpha value is -1.66. The quantitative estimate of drug-likeness (QED) is 0.794. The number of anilines is 1. The first-order chi connectivity index (χ1) is 8.81. The first-order valence-electron chi connectivity index (χ1n) is 6.02. The van der Waals surface area contributed by atoms with Crippen LogP contribution in [0.4, 0.5) is 5.69 Å². The summed E-state index contributed by atoms with van der Waals surface area (Å²) in [5.74, 6) is -0.327. The summed E-state index contributed by atoms with van der Waals surface area (Å²) < 4.78 is 5.30. The summed E-state index contributed by atoms with van der Waals surface area (Å²) in [5, 5.41) is 0. The molecule has 1 aromatic heterocycles. The number of pyridine rings is 1. The summed E-state index contributed by atoms with van der Waals surface area (Å²) >= 11 is 0. The third-order valence-electron chi connectivity index (χ3n) is 2.66. The fourth-order valence-electron chi connectivity index (χ4n) is 1.75. The number of hydrogen-bond acceptors (Lipinski definition) is 5. The van der Waals surface area contributed by atoms with Crippen molar-refractivity contribution in [2.45, 2.75) is 6.92 Å². The molecule has 1 aliphatic heterocycles. The Kier molecular flexibility index (Phi) is 4.49. The van der Waals surface area contributed by atoms with Crippen LogP contribution in [0.3, 0.4) is 0 Å². The molecule has 1 amide bonds. The monoisotopic (exact) mass is 251 g/mol. The molecule has 2 rings (SSSR count). The van der Waals surface area contributed by atoms with Crippen molar-refractivity contribution >= 4 is 11.6 Å². The smallest absolute Gasteiger partial charge is 0.293 e. The van der Waals surface area contributed by atoms with Gasteiger partial charge in [0.15, 0.2) is 0 Å². The fraction of sp³-hybridized carbons (Fsp3) is 0.500. The molecule has 6 nitrogen and oxygen atoms in total. The van der Waals surface area contributed by atoms with Gasteiger partial charge in [-0.2, -0.15) is 0 Å². The molecule has 1 fully saturated rings. The van der Waals surface area contributed by atoms with Crippen LogP contribution in [0.1, 0.15) is 17.4 Å². The summed E-state index contributed by atoms with van der Waals surface area (Å²) in [6.07, 6.45) is 1.63. The molecule has 2 heterocycles. The highest BCUT2D eigenvalue weighted by Crippen LogP contribution is 2.15. The first-order valence-corrected chi connectivity index (χ1v) is 6.02. The van der Waals surface area contributed by atoms with Crippen molar-refractivity contribution in [3.05, 3.63) is 24.0 Å². The van der Waals surface area contributed by atoms with Crippen molar-refractivity contribution in [2.75, 3.05) is 37.8 Å². The Labute approximate surface area is 106 Å². The van der Waals surface area contributed by atoms with Gasteiger partial charge in [-0.05, 0) is 19.1 Å². The van der Waals surface area contributed by atoms with Gasteiger partial charge in [-0.3, -0.25) is 14.6 Å². The second-order valence-corrected chi connectivity index (χ2v) is 3.86. The average Bonchev–Trinajstić information content (AvgIpc) is 2.46. The van der Waals surface area contributed by atoms with Gasteiger partial charge in [-0.25, -0.2) is 5.48 Å². The summed E-state index contributed by atoms with van der Waals surface area (Å²) in [6.45, 7) is 5.31. The Morgan fingerprint density at radius 1 is 1.56 bits per heavy atom. The number of hydrogen-bond donors (Lipinski definition) is 1. The number of carbonyl (C=O) groups is 1. The van der Waals surface area contributed by atoms with Gasteiger partial charge in [0.2, 0.25) is 0 Å². The molecule has 0 atom stereocenters. The zero-order valence-corrected chi connectivity index (χ0v) is 10.4. The van der Waals surface area contributed by atoms with Crippen molar-refractivity contribution in [1.29, 1.82) is 0 Å². The number of carbonyl (C=O) groups excluding carboxylic acids is 1. The molecule has 0 bridgehead atoms. The molecule has 0 unspecified atom stereocenters. The van der Waals surface area contributed by atoms with Gasteiger partial charge in [0.1, 0.15) is 5.69 Å². The topological polar surface area (TPSA) is 63.7 Å². The van der Waals surface area contributed by atoms with Gasteiger partial charge in [0.05, 0.1) is 19.8 Å². The maximum Gasteiger partial charge on any atom is 0.293 e. The lowest BCUT2D eigenvalue weighted by Gasteiger charge is -2.28. The second-order valence-electron chi connectivity index (χ2n) is 3.86. The molecule has 6 heteroatoms. The third-order valence-corrected chi connectivity index (χ3v) is 2.66. The highest BCUT2D eigenvalue weighted by molar-refractivity contribution is 5.92. The van der Waals surface area contributed by atoms with Crippen LogP contribution < -0.4 is 10.4 Å². The number of nitrogens with zero attached hydrogens (tertiary/aromatic N) is 2. The predicted molar refractivity (Wildman–Crippen MR) is 66.4 cm³/mol. The van der Waals surface area contributed by atoms with E-state index in [2.05, 4.69) is 15.4 Å². The van der Waals surface area contributed by atoms with Gasteiger partial charge in [0.25, 0.3) is 5.91 Å². The van der Waals surface area contributed by atoms with E-state index in [9.17, 15) is 4.79 Å². The lowest BCUT2D eigenvalue weighted by molar-refractivity contribution is 0.0360. The number of ether oxygens (including phenoxy) is 1. The van der Waals surface area contributed by atoms with Gasteiger partial charge < -0.3 is 9.64 Å². The molecular formula is C12H17N3O3. The Morgan fingerprint density at radius 2 is 2.33 bits per heavy atom. The minimum Gasteiger partial charge on any atom is -0.378 e. The van der Waals surface area contributed by atoms with Crippen molar-refractivity contribution in [1.82, 2.24) is 10.5 Å². The van der Waals surface area contributed by atoms with Crippen molar-refractivity contribution in [3.8, 4) is 0 Å². The van der Waals surface area contributed by atoms with Crippen LogP contribution in [0, 0.1) is 0 Å². The number of morpholine rings is 1. The minimum atomic E-state index is -0.327. The summed E-state index contributed by atoms with van der Waals surface area (Å²) in [4.78, 5) is 22.8. The van der Waals surface area contributed by atoms with E-state index in [0.29, 0.717) is 25.5 Å². The standard InChI is InChI=1S/C12H17N3O3/c1-2-18-14-12(16)11-9-10(3-4-13-11)15-5-7-17-8-6-15/h3-4,9H,2,5-8H2,1H3,(H,14,16). The molecule has 18 heavy (non-hydrogen) atoms. The molecule has 0 radical (unpaired) electrons. The van der Waals surface area contributed by atoms with Crippen molar-refractivity contribution in [3.63, 3.8) is 0 Å². The molecule has 1 saturated heterocycles. The number of amides is 1. The minimum absolute atomic E-state index is 0.327. The van der Waals surface area contributed by atoms with Crippen LogP contribution in [-0.2, 0) is 9.57 Å². The summed E-state index contributed by atoms with van der Waals surface area (Å²) in [5.41, 5.74) is 3.67. The van der Waals surface area contributed by atoms with Gasteiger partial charge in [-0.1, -0.05) is 0 Å². The second kappa shape index (κ2) is 6.32.